The summed E-state index contributed by atoms with van der Waals surface area (Å²) in [4.78, 5) is 4.60. The summed E-state index contributed by atoms with van der Waals surface area (Å²) in [6.45, 7) is 2.31. The monoisotopic (exact) mass is 206 g/mol. The molecule has 1 unspecified atom stereocenters. The van der Waals surface area contributed by atoms with Crippen LogP contribution in [-0.2, 0) is 6.42 Å². The molecule has 1 aromatic heterocycles. The minimum absolute atomic E-state index is 0.625. The first-order valence-electron chi connectivity index (χ1n) is 6.07. The van der Waals surface area contributed by atoms with Crippen molar-refractivity contribution < 1.29 is 4.42 Å². The molecule has 1 saturated heterocycles. The number of hydrogen-bond acceptors (Lipinski definition) is 3. The van der Waals surface area contributed by atoms with E-state index in [2.05, 4.69) is 10.3 Å². The van der Waals surface area contributed by atoms with E-state index < -0.39 is 0 Å². The van der Waals surface area contributed by atoms with Gasteiger partial charge in [-0.25, -0.2) is 4.98 Å². The maximum Gasteiger partial charge on any atom is 0.197 e. The van der Waals surface area contributed by atoms with E-state index in [-0.39, 0.29) is 0 Å². The molecule has 1 saturated carbocycles. The van der Waals surface area contributed by atoms with Crippen molar-refractivity contribution in [1.82, 2.24) is 10.3 Å². The Labute approximate surface area is 90.3 Å². The van der Waals surface area contributed by atoms with Gasteiger partial charge in [0.1, 0.15) is 6.26 Å². The van der Waals surface area contributed by atoms with Crippen molar-refractivity contribution in [2.24, 2.45) is 5.92 Å². The normalized spacial score (nSPS) is 26.8. The van der Waals surface area contributed by atoms with E-state index in [1.807, 2.05) is 6.26 Å². The van der Waals surface area contributed by atoms with E-state index >= 15 is 0 Å². The van der Waals surface area contributed by atoms with Crippen LogP contribution in [0, 0.1) is 5.92 Å². The largest absolute Gasteiger partial charge is 0.448 e. The summed E-state index contributed by atoms with van der Waals surface area (Å²) in [5, 5.41) is 3.39. The number of oxazole rings is 1. The first-order chi connectivity index (χ1) is 7.42. The number of rotatable bonds is 3. The lowest BCUT2D eigenvalue weighted by molar-refractivity contribution is 0.335. The van der Waals surface area contributed by atoms with Crippen molar-refractivity contribution in [3.05, 3.63) is 17.8 Å². The van der Waals surface area contributed by atoms with E-state index in [1.54, 1.807) is 0 Å². The molecular weight excluding hydrogens is 188 g/mol. The standard InChI is InChI=1S/C12H18N2O/c1-2-10(3-1)12-14-11(8-15-12)6-9-4-5-13-7-9/h8-10,13H,1-7H2. The van der Waals surface area contributed by atoms with Crippen molar-refractivity contribution in [2.75, 3.05) is 13.1 Å². The fraction of sp³-hybridized carbons (Fsp3) is 0.750. The lowest BCUT2D eigenvalue weighted by atomic mass is 9.85. The molecule has 1 aliphatic heterocycles. The molecule has 0 spiro atoms. The van der Waals surface area contributed by atoms with Gasteiger partial charge in [-0.15, -0.1) is 0 Å². The van der Waals surface area contributed by atoms with Crippen molar-refractivity contribution >= 4 is 0 Å². The summed E-state index contributed by atoms with van der Waals surface area (Å²) < 4.78 is 5.55. The highest BCUT2D eigenvalue weighted by Crippen LogP contribution is 2.35. The zero-order valence-corrected chi connectivity index (χ0v) is 9.04. The number of nitrogens with one attached hydrogen (secondary N) is 1. The van der Waals surface area contributed by atoms with E-state index in [9.17, 15) is 0 Å². The Morgan fingerprint density at radius 3 is 3.00 bits per heavy atom. The van der Waals surface area contributed by atoms with Crippen LogP contribution in [0.3, 0.4) is 0 Å². The van der Waals surface area contributed by atoms with Gasteiger partial charge in [0.2, 0.25) is 0 Å². The van der Waals surface area contributed by atoms with Gasteiger partial charge in [0.05, 0.1) is 5.69 Å². The number of hydrogen-bond donors (Lipinski definition) is 1. The molecule has 0 amide bonds. The average Bonchev–Trinajstić information content (AvgIpc) is 2.75. The Kier molecular flexibility index (Phi) is 2.49. The van der Waals surface area contributed by atoms with Crippen LogP contribution in [-0.4, -0.2) is 18.1 Å². The van der Waals surface area contributed by atoms with Crippen LogP contribution < -0.4 is 5.32 Å². The lowest BCUT2D eigenvalue weighted by Gasteiger charge is -2.21. The second-order valence-corrected chi connectivity index (χ2v) is 4.87. The van der Waals surface area contributed by atoms with Crippen LogP contribution in [0.5, 0.6) is 0 Å². The molecule has 2 aliphatic rings. The SMILES string of the molecule is c1oc(C2CCC2)nc1CC1CCNC1. The summed E-state index contributed by atoms with van der Waals surface area (Å²) >= 11 is 0. The van der Waals surface area contributed by atoms with Crippen LogP contribution in [0.25, 0.3) is 0 Å². The molecule has 0 bridgehead atoms. The van der Waals surface area contributed by atoms with Crippen LogP contribution >= 0.6 is 0 Å². The molecule has 1 atom stereocenters. The fourth-order valence-corrected chi connectivity index (χ4v) is 2.44. The highest BCUT2D eigenvalue weighted by Gasteiger charge is 2.25. The summed E-state index contributed by atoms with van der Waals surface area (Å²) in [6.07, 6.45) is 8.12. The zero-order chi connectivity index (χ0) is 10.1. The van der Waals surface area contributed by atoms with Gasteiger partial charge in [-0.05, 0) is 44.7 Å². The average molecular weight is 206 g/mol. The topological polar surface area (TPSA) is 38.1 Å². The minimum Gasteiger partial charge on any atom is -0.448 e. The van der Waals surface area contributed by atoms with Crippen LogP contribution in [0.15, 0.2) is 10.7 Å². The Morgan fingerprint density at radius 2 is 2.33 bits per heavy atom. The van der Waals surface area contributed by atoms with Gasteiger partial charge in [-0.3, -0.25) is 0 Å². The molecule has 2 heterocycles. The van der Waals surface area contributed by atoms with Gasteiger partial charge in [0.25, 0.3) is 0 Å². The van der Waals surface area contributed by atoms with Crippen LogP contribution in [0.2, 0.25) is 0 Å². The van der Waals surface area contributed by atoms with Gasteiger partial charge >= 0.3 is 0 Å². The molecule has 0 aromatic carbocycles. The van der Waals surface area contributed by atoms with E-state index in [4.69, 9.17) is 4.42 Å². The second-order valence-electron chi connectivity index (χ2n) is 4.87. The highest BCUT2D eigenvalue weighted by atomic mass is 16.3. The van der Waals surface area contributed by atoms with Crippen molar-refractivity contribution in [3.8, 4) is 0 Å². The van der Waals surface area contributed by atoms with Crippen molar-refractivity contribution in [2.45, 2.75) is 38.0 Å². The Hall–Kier alpha value is -0.830. The first-order valence-corrected chi connectivity index (χ1v) is 6.07. The smallest absolute Gasteiger partial charge is 0.197 e. The Bertz CT molecular complexity index is 324. The van der Waals surface area contributed by atoms with Gasteiger partial charge in [-0.2, -0.15) is 0 Å². The van der Waals surface area contributed by atoms with E-state index in [1.165, 1.54) is 25.7 Å². The number of aromatic nitrogens is 1. The Balaban J connectivity index is 1.62. The van der Waals surface area contributed by atoms with Crippen molar-refractivity contribution in [1.29, 1.82) is 0 Å². The third-order valence-electron chi connectivity index (χ3n) is 3.68. The molecule has 15 heavy (non-hydrogen) atoms. The molecule has 1 aliphatic carbocycles. The predicted molar refractivity (Wildman–Crippen MR) is 57.8 cm³/mol. The maximum atomic E-state index is 5.55. The molecule has 3 rings (SSSR count). The first kappa shape index (κ1) is 9.40. The van der Waals surface area contributed by atoms with Crippen molar-refractivity contribution in [3.63, 3.8) is 0 Å². The van der Waals surface area contributed by atoms with E-state index in [0.717, 1.165) is 37.0 Å². The quantitative estimate of drug-likeness (QED) is 0.823. The molecule has 1 aromatic rings. The molecule has 0 radical (unpaired) electrons. The third kappa shape index (κ3) is 1.93. The molecule has 3 heteroatoms. The molecular formula is C12H18N2O. The van der Waals surface area contributed by atoms with Gasteiger partial charge in [0.15, 0.2) is 5.89 Å². The van der Waals surface area contributed by atoms with Crippen LogP contribution in [0.4, 0.5) is 0 Å². The Morgan fingerprint density at radius 1 is 1.40 bits per heavy atom. The summed E-state index contributed by atoms with van der Waals surface area (Å²) in [6, 6.07) is 0. The molecule has 2 fully saturated rings. The number of nitrogens with zero attached hydrogens (tertiary/aromatic N) is 1. The summed E-state index contributed by atoms with van der Waals surface area (Å²) in [5.41, 5.74) is 1.16. The third-order valence-corrected chi connectivity index (χ3v) is 3.68. The fourth-order valence-electron chi connectivity index (χ4n) is 2.44. The lowest BCUT2D eigenvalue weighted by Crippen LogP contribution is -2.11. The zero-order valence-electron chi connectivity index (χ0n) is 9.04. The highest BCUT2D eigenvalue weighted by molar-refractivity contribution is 5.04. The summed E-state index contributed by atoms with van der Waals surface area (Å²) in [5.74, 6) is 2.38. The molecule has 1 N–H and O–H groups in total. The summed E-state index contributed by atoms with van der Waals surface area (Å²) in [7, 11) is 0. The predicted octanol–water partition coefficient (Wildman–Crippen LogP) is 2.09. The van der Waals surface area contributed by atoms with Gasteiger partial charge in [-0.1, -0.05) is 6.42 Å². The second kappa shape index (κ2) is 3.97. The maximum absolute atomic E-state index is 5.55. The molecule has 82 valence electrons. The minimum atomic E-state index is 0.625. The van der Waals surface area contributed by atoms with Gasteiger partial charge in [0, 0.05) is 5.92 Å². The van der Waals surface area contributed by atoms with Gasteiger partial charge < -0.3 is 9.73 Å². The van der Waals surface area contributed by atoms with Crippen LogP contribution in [0.1, 0.15) is 43.2 Å². The van der Waals surface area contributed by atoms with E-state index in [0.29, 0.717) is 5.92 Å². The molecule has 3 nitrogen and oxygen atoms in total.